The van der Waals surface area contributed by atoms with Gasteiger partial charge in [-0.3, -0.25) is 9.59 Å². The molecule has 1 saturated heterocycles. The van der Waals surface area contributed by atoms with Crippen LogP contribution in [0.5, 0.6) is 0 Å². The fraction of sp³-hybridized carbons (Fsp3) is 0.235. The summed E-state index contributed by atoms with van der Waals surface area (Å²) in [6.07, 6.45) is 1.50. The van der Waals surface area contributed by atoms with E-state index < -0.39 is 0 Å². The molecule has 0 saturated carbocycles. The molecule has 4 aromatic carbocycles. The average molecular weight is 554 g/mol. The normalized spacial score (nSPS) is 16.1. The van der Waals surface area contributed by atoms with Gasteiger partial charge in [-0.2, -0.15) is 0 Å². The number of amides is 2. The summed E-state index contributed by atoms with van der Waals surface area (Å²) < 4.78 is 0. The van der Waals surface area contributed by atoms with Gasteiger partial charge in [-0.1, -0.05) is 109 Å². The summed E-state index contributed by atoms with van der Waals surface area (Å²) in [5.41, 5.74) is 7.08. The number of carbonyl (C=O) groups excluding carboxylic acids is 2. The summed E-state index contributed by atoms with van der Waals surface area (Å²) in [5, 5.41) is 9.31. The summed E-state index contributed by atoms with van der Waals surface area (Å²) in [6, 6.07) is 37.5. The summed E-state index contributed by atoms with van der Waals surface area (Å²) in [4.78, 5) is 25.8. The molecule has 4 aromatic rings. The van der Waals surface area contributed by atoms with Gasteiger partial charge in [0.05, 0.1) is 11.8 Å². The second kappa shape index (κ2) is 14.5. The zero-order valence-corrected chi connectivity index (χ0v) is 23.3. The molecule has 0 aliphatic carbocycles. The maximum absolute atomic E-state index is 12.9. The molecule has 6 heteroatoms. The molecule has 5 rings (SSSR count). The van der Waals surface area contributed by atoms with Crippen molar-refractivity contribution in [3.05, 3.63) is 120 Å². The molecule has 1 aliphatic rings. The van der Waals surface area contributed by atoms with Crippen LogP contribution in [0, 0.1) is 11.8 Å². The van der Waals surface area contributed by atoms with Crippen LogP contribution in [-0.2, 0) is 22.4 Å². The van der Waals surface area contributed by atoms with Gasteiger partial charge in [-0.25, -0.2) is 0 Å². The van der Waals surface area contributed by atoms with E-state index in [9.17, 15) is 9.59 Å². The van der Waals surface area contributed by atoms with E-state index in [1.54, 1.807) is 0 Å². The van der Waals surface area contributed by atoms with Crippen LogP contribution in [0.4, 0.5) is 0 Å². The van der Waals surface area contributed by atoms with Crippen LogP contribution in [0.1, 0.15) is 11.1 Å². The van der Waals surface area contributed by atoms with Crippen LogP contribution in [0.2, 0.25) is 0 Å². The predicted octanol–water partition coefficient (Wildman–Crippen LogP) is 5.30. The van der Waals surface area contributed by atoms with Crippen LogP contribution in [-0.4, -0.2) is 38.0 Å². The molecular formula is C34H36ClN3O2. The summed E-state index contributed by atoms with van der Waals surface area (Å²) in [5.74, 6) is -0.818. The maximum Gasteiger partial charge on any atom is 0.225 e. The van der Waals surface area contributed by atoms with Gasteiger partial charge in [0.2, 0.25) is 11.8 Å². The highest BCUT2D eigenvalue weighted by Crippen LogP contribution is 2.21. The van der Waals surface area contributed by atoms with Crippen molar-refractivity contribution in [2.45, 2.75) is 12.8 Å². The first-order valence-corrected chi connectivity index (χ1v) is 13.7. The van der Waals surface area contributed by atoms with Gasteiger partial charge in [0.1, 0.15) is 0 Å². The Kier molecular flexibility index (Phi) is 10.5. The quantitative estimate of drug-likeness (QED) is 0.250. The zero-order chi connectivity index (χ0) is 26.9. The van der Waals surface area contributed by atoms with E-state index in [1.807, 2.05) is 36.4 Å². The van der Waals surface area contributed by atoms with Gasteiger partial charge < -0.3 is 16.0 Å². The Balaban J connectivity index is 0.00000370. The monoisotopic (exact) mass is 553 g/mol. The Morgan fingerprint density at radius 1 is 0.550 bits per heavy atom. The second-order valence-electron chi connectivity index (χ2n) is 10.1. The Morgan fingerprint density at radius 3 is 1.27 bits per heavy atom. The molecule has 0 unspecified atom stereocenters. The first kappa shape index (κ1) is 29.1. The van der Waals surface area contributed by atoms with E-state index in [0.29, 0.717) is 26.2 Å². The van der Waals surface area contributed by atoms with Gasteiger partial charge in [0.15, 0.2) is 0 Å². The van der Waals surface area contributed by atoms with Crippen molar-refractivity contribution in [3.63, 3.8) is 0 Å². The van der Waals surface area contributed by atoms with E-state index >= 15 is 0 Å². The van der Waals surface area contributed by atoms with E-state index in [1.165, 1.54) is 33.4 Å². The van der Waals surface area contributed by atoms with E-state index in [-0.39, 0.29) is 36.1 Å². The number of rotatable bonds is 10. The van der Waals surface area contributed by atoms with Crippen LogP contribution < -0.4 is 16.0 Å². The topological polar surface area (TPSA) is 70.2 Å². The number of benzene rings is 4. The molecule has 5 nitrogen and oxygen atoms in total. The summed E-state index contributed by atoms with van der Waals surface area (Å²) >= 11 is 0. The third-order valence-electron chi connectivity index (χ3n) is 7.44. The first-order valence-electron chi connectivity index (χ1n) is 13.7. The van der Waals surface area contributed by atoms with Gasteiger partial charge in [0, 0.05) is 26.2 Å². The molecule has 0 spiro atoms. The van der Waals surface area contributed by atoms with Gasteiger partial charge in [0.25, 0.3) is 0 Å². The first-order chi connectivity index (χ1) is 19.2. The van der Waals surface area contributed by atoms with E-state index in [0.717, 1.165) is 12.8 Å². The molecule has 1 aliphatic heterocycles. The van der Waals surface area contributed by atoms with Gasteiger partial charge in [-0.05, 0) is 46.2 Å². The Labute approximate surface area is 242 Å². The van der Waals surface area contributed by atoms with Crippen molar-refractivity contribution in [2.75, 3.05) is 26.2 Å². The van der Waals surface area contributed by atoms with Crippen molar-refractivity contribution >= 4 is 24.2 Å². The highest BCUT2D eigenvalue weighted by Gasteiger charge is 2.37. The molecule has 3 N–H and O–H groups in total. The number of hydrogen-bond acceptors (Lipinski definition) is 3. The molecular weight excluding hydrogens is 518 g/mol. The lowest BCUT2D eigenvalue weighted by atomic mass is 9.94. The minimum Gasteiger partial charge on any atom is -0.355 e. The largest absolute Gasteiger partial charge is 0.355 e. The third kappa shape index (κ3) is 7.59. The highest BCUT2D eigenvalue weighted by atomic mass is 35.5. The molecule has 0 radical (unpaired) electrons. The Morgan fingerprint density at radius 2 is 0.900 bits per heavy atom. The van der Waals surface area contributed by atoms with Gasteiger partial charge in [-0.15, -0.1) is 12.4 Å². The van der Waals surface area contributed by atoms with Crippen molar-refractivity contribution < 1.29 is 9.59 Å². The highest BCUT2D eigenvalue weighted by molar-refractivity contribution is 5.88. The van der Waals surface area contributed by atoms with Crippen molar-refractivity contribution in [3.8, 4) is 22.3 Å². The minimum atomic E-state index is -0.351. The molecule has 0 bridgehead atoms. The van der Waals surface area contributed by atoms with Crippen LogP contribution in [0.15, 0.2) is 109 Å². The van der Waals surface area contributed by atoms with Crippen molar-refractivity contribution in [1.82, 2.24) is 16.0 Å². The second-order valence-corrected chi connectivity index (χ2v) is 10.1. The molecule has 0 aromatic heterocycles. The van der Waals surface area contributed by atoms with E-state index in [4.69, 9.17) is 0 Å². The molecule has 40 heavy (non-hydrogen) atoms. The lowest BCUT2D eigenvalue weighted by molar-refractivity contribution is -0.132. The smallest absolute Gasteiger partial charge is 0.225 e. The third-order valence-corrected chi connectivity index (χ3v) is 7.44. The lowest BCUT2D eigenvalue weighted by Crippen LogP contribution is -2.42. The summed E-state index contributed by atoms with van der Waals surface area (Å²) in [7, 11) is 0. The molecule has 1 heterocycles. The Bertz CT molecular complexity index is 1250. The molecule has 206 valence electrons. The van der Waals surface area contributed by atoms with Crippen LogP contribution >= 0.6 is 12.4 Å². The lowest BCUT2D eigenvalue weighted by Gasteiger charge is -2.18. The number of halogens is 1. The molecule has 2 amide bonds. The number of hydrogen-bond donors (Lipinski definition) is 3. The Hall–Kier alpha value is -3.93. The maximum atomic E-state index is 12.9. The minimum absolute atomic E-state index is 0. The van der Waals surface area contributed by atoms with Gasteiger partial charge >= 0.3 is 0 Å². The number of carbonyl (C=O) groups is 2. The van der Waals surface area contributed by atoms with Crippen LogP contribution in [0.25, 0.3) is 22.3 Å². The number of nitrogens with one attached hydrogen (secondary N) is 3. The molecule has 2 atom stereocenters. The standard InChI is InChI=1S/C34H35N3O2.ClH/c38-33(36-21-19-25-11-15-29(16-12-25)27-7-3-1-4-8-27)31-23-35-24-32(31)34(39)37-22-20-26-13-17-30(18-14-26)28-9-5-2-6-10-28;/h1-18,31-32,35H,19-24H2,(H,36,38)(H,37,39);1H/t31-,32-;/m1./s1. The SMILES string of the molecule is Cl.O=C(NCCc1ccc(-c2ccccc2)cc1)[C@@H]1CNC[C@H]1C(=O)NCCc1ccc(-c2ccccc2)cc1. The fourth-order valence-corrected chi connectivity index (χ4v) is 5.14. The average Bonchev–Trinajstić information content (AvgIpc) is 3.49. The van der Waals surface area contributed by atoms with Crippen LogP contribution in [0.3, 0.4) is 0 Å². The van der Waals surface area contributed by atoms with Crippen molar-refractivity contribution in [2.24, 2.45) is 11.8 Å². The zero-order valence-electron chi connectivity index (χ0n) is 22.5. The fourth-order valence-electron chi connectivity index (χ4n) is 5.14. The van der Waals surface area contributed by atoms with Crippen molar-refractivity contribution in [1.29, 1.82) is 0 Å². The molecule has 1 fully saturated rings. The summed E-state index contributed by atoms with van der Waals surface area (Å²) in [6.45, 7) is 2.15. The van der Waals surface area contributed by atoms with E-state index in [2.05, 4.69) is 88.7 Å². The predicted molar refractivity (Wildman–Crippen MR) is 164 cm³/mol.